The van der Waals surface area contributed by atoms with Gasteiger partial charge >= 0.3 is 5.97 Å². The molecule has 0 saturated carbocycles. The Kier molecular flexibility index (Phi) is 3.74. The maximum Gasteiger partial charge on any atom is 0.373 e. The Morgan fingerprint density at radius 3 is 2.67 bits per heavy atom. The van der Waals surface area contributed by atoms with Crippen LogP contribution in [0.5, 0.6) is 5.75 Å². The van der Waals surface area contributed by atoms with Crippen LogP contribution in [-0.2, 0) is 6.61 Å². The summed E-state index contributed by atoms with van der Waals surface area (Å²) in [5.74, 6) is -0.773. The summed E-state index contributed by atoms with van der Waals surface area (Å²) in [7, 11) is 0. The monoisotopic (exact) mass is 264 g/mol. The molecule has 2 aromatic rings. The van der Waals surface area contributed by atoms with Crippen LogP contribution >= 0.6 is 11.6 Å². The van der Waals surface area contributed by atoms with Gasteiger partial charge in [0.1, 0.15) is 12.4 Å². The second kappa shape index (κ2) is 5.46. The fourth-order valence-electron chi connectivity index (χ4n) is 1.27. The molecule has 92 valence electrons. The fourth-order valence-corrected chi connectivity index (χ4v) is 1.39. The van der Waals surface area contributed by atoms with Crippen molar-refractivity contribution in [2.75, 3.05) is 0 Å². The highest BCUT2D eigenvalue weighted by Gasteiger charge is 2.07. The molecule has 1 aromatic carbocycles. The summed E-state index contributed by atoms with van der Waals surface area (Å²) in [6.45, 7) is 0.171. The van der Waals surface area contributed by atoms with Crippen molar-refractivity contribution in [1.29, 1.82) is 0 Å². The molecule has 0 saturated heterocycles. The van der Waals surface area contributed by atoms with E-state index in [2.05, 4.69) is 9.97 Å². The highest BCUT2D eigenvalue weighted by atomic mass is 35.5. The normalized spacial score (nSPS) is 10.1. The number of hydrogen-bond donors (Lipinski definition) is 1. The van der Waals surface area contributed by atoms with Crippen LogP contribution in [0.4, 0.5) is 0 Å². The standard InChI is InChI=1S/C12H9ClN2O3/c13-8-1-3-10(4-2-8)18-7-9-5-6-14-11(15-9)12(16)17/h1-6H,7H2,(H,16,17). The van der Waals surface area contributed by atoms with Crippen molar-refractivity contribution in [1.82, 2.24) is 9.97 Å². The predicted molar refractivity (Wildman–Crippen MR) is 64.8 cm³/mol. The second-order valence-corrected chi connectivity index (χ2v) is 3.86. The second-order valence-electron chi connectivity index (χ2n) is 3.42. The number of rotatable bonds is 4. The van der Waals surface area contributed by atoms with E-state index in [1.165, 1.54) is 6.20 Å². The molecular formula is C12H9ClN2O3. The van der Waals surface area contributed by atoms with Crippen LogP contribution < -0.4 is 4.74 Å². The van der Waals surface area contributed by atoms with Crippen LogP contribution in [0.25, 0.3) is 0 Å². The smallest absolute Gasteiger partial charge is 0.373 e. The van der Waals surface area contributed by atoms with E-state index >= 15 is 0 Å². The van der Waals surface area contributed by atoms with Gasteiger partial charge in [-0.15, -0.1) is 0 Å². The summed E-state index contributed by atoms with van der Waals surface area (Å²) >= 11 is 5.74. The Morgan fingerprint density at radius 2 is 2.00 bits per heavy atom. The number of hydrogen-bond acceptors (Lipinski definition) is 4. The molecule has 0 fully saturated rings. The quantitative estimate of drug-likeness (QED) is 0.918. The van der Waals surface area contributed by atoms with Crippen molar-refractivity contribution < 1.29 is 14.6 Å². The van der Waals surface area contributed by atoms with E-state index in [0.717, 1.165) is 0 Å². The molecule has 2 rings (SSSR count). The number of carbonyl (C=O) groups is 1. The van der Waals surface area contributed by atoms with Crippen molar-refractivity contribution in [2.24, 2.45) is 0 Å². The lowest BCUT2D eigenvalue weighted by molar-refractivity contribution is 0.0682. The molecule has 0 bridgehead atoms. The van der Waals surface area contributed by atoms with Crippen LogP contribution in [0.3, 0.4) is 0 Å². The Morgan fingerprint density at radius 1 is 1.28 bits per heavy atom. The first-order valence-corrected chi connectivity index (χ1v) is 5.46. The van der Waals surface area contributed by atoms with Gasteiger partial charge in [0.05, 0.1) is 5.69 Å². The number of nitrogens with zero attached hydrogens (tertiary/aromatic N) is 2. The van der Waals surface area contributed by atoms with Crippen molar-refractivity contribution in [3.8, 4) is 5.75 Å². The first-order valence-electron chi connectivity index (χ1n) is 5.09. The average Bonchev–Trinajstić information content (AvgIpc) is 2.38. The molecule has 0 radical (unpaired) electrons. The summed E-state index contributed by atoms with van der Waals surface area (Å²) in [4.78, 5) is 18.1. The molecule has 0 amide bonds. The maximum absolute atomic E-state index is 10.7. The highest BCUT2D eigenvalue weighted by molar-refractivity contribution is 6.30. The van der Waals surface area contributed by atoms with Crippen LogP contribution in [0, 0.1) is 0 Å². The third-order valence-electron chi connectivity index (χ3n) is 2.10. The highest BCUT2D eigenvalue weighted by Crippen LogP contribution is 2.16. The predicted octanol–water partition coefficient (Wildman–Crippen LogP) is 2.41. The molecule has 0 aliphatic heterocycles. The maximum atomic E-state index is 10.7. The zero-order chi connectivity index (χ0) is 13.0. The Labute approximate surface area is 108 Å². The van der Waals surface area contributed by atoms with Crippen LogP contribution in [-0.4, -0.2) is 21.0 Å². The topological polar surface area (TPSA) is 72.3 Å². The number of carboxylic acid groups (broad SMARTS) is 1. The van der Waals surface area contributed by atoms with E-state index in [4.69, 9.17) is 21.4 Å². The van der Waals surface area contributed by atoms with Gasteiger partial charge in [0.2, 0.25) is 5.82 Å². The Bertz CT molecular complexity index is 558. The van der Waals surface area contributed by atoms with Crippen LogP contribution in [0.2, 0.25) is 5.02 Å². The molecular weight excluding hydrogens is 256 g/mol. The molecule has 5 nitrogen and oxygen atoms in total. The summed E-state index contributed by atoms with van der Waals surface area (Å²) < 4.78 is 5.44. The SMILES string of the molecule is O=C(O)c1nccc(COc2ccc(Cl)cc2)n1. The first-order chi connectivity index (χ1) is 8.65. The zero-order valence-electron chi connectivity index (χ0n) is 9.21. The van der Waals surface area contributed by atoms with Gasteiger partial charge in [-0.3, -0.25) is 0 Å². The minimum Gasteiger partial charge on any atom is -0.487 e. The van der Waals surface area contributed by atoms with Gasteiger partial charge in [-0.1, -0.05) is 11.6 Å². The lowest BCUT2D eigenvalue weighted by Crippen LogP contribution is -2.07. The third kappa shape index (κ3) is 3.18. The first kappa shape index (κ1) is 12.3. The molecule has 6 heteroatoms. The van der Waals surface area contributed by atoms with Gasteiger partial charge in [-0.25, -0.2) is 14.8 Å². The van der Waals surface area contributed by atoms with Crippen molar-refractivity contribution in [2.45, 2.75) is 6.61 Å². The lowest BCUT2D eigenvalue weighted by Gasteiger charge is -2.05. The van der Waals surface area contributed by atoms with Crippen molar-refractivity contribution >= 4 is 17.6 Å². The summed E-state index contributed by atoms with van der Waals surface area (Å²) in [6, 6.07) is 8.46. The molecule has 1 N–H and O–H groups in total. The fraction of sp³-hybridized carbons (Fsp3) is 0.0833. The average molecular weight is 265 g/mol. The molecule has 0 aliphatic rings. The number of aromatic carboxylic acids is 1. The summed E-state index contributed by atoms with van der Waals surface area (Å²) in [6.07, 6.45) is 1.39. The molecule has 0 spiro atoms. The zero-order valence-corrected chi connectivity index (χ0v) is 9.96. The van der Waals surface area contributed by atoms with Crippen molar-refractivity contribution in [3.63, 3.8) is 0 Å². The van der Waals surface area contributed by atoms with Crippen LogP contribution in [0.1, 0.15) is 16.3 Å². The minimum absolute atomic E-state index is 0.171. The van der Waals surface area contributed by atoms with Crippen molar-refractivity contribution in [3.05, 3.63) is 53.1 Å². The number of aromatic nitrogens is 2. The Hall–Kier alpha value is -2.14. The number of carboxylic acids is 1. The molecule has 0 unspecified atom stereocenters. The molecule has 0 atom stereocenters. The van der Waals surface area contributed by atoms with Crippen LogP contribution in [0.15, 0.2) is 36.5 Å². The number of halogens is 1. The van der Waals surface area contributed by atoms with E-state index in [9.17, 15) is 4.79 Å². The molecule has 0 aliphatic carbocycles. The van der Waals surface area contributed by atoms with E-state index in [1.54, 1.807) is 30.3 Å². The van der Waals surface area contributed by atoms with E-state index in [0.29, 0.717) is 16.5 Å². The van der Waals surface area contributed by atoms with Gasteiger partial charge in [0.25, 0.3) is 0 Å². The van der Waals surface area contributed by atoms with E-state index in [1.807, 2.05) is 0 Å². The molecule has 18 heavy (non-hydrogen) atoms. The molecule has 1 aromatic heterocycles. The van der Waals surface area contributed by atoms with Gasteiger partial charge in [0.15, 0.2) is 0 Å². The van der Waals surface area contributed by atoms with Gasteiger partial charge in [-0.2, -0.15) is 0 Å². The van der Waals surface area contributed by atoms with Gasteiger partial charge in [0, 0.05) is 11.2 Å². The molecule has 1 heterocycles. The van der Waals surface area contributed by atoms with Gasteiger partial charge < -0.3 is 9.84 Å². The minimum atomic E-state index is -1.16. The van der Waals surface area contributed by atoms with Gasteiger partial charge in [-0.05, 0) is 30.3 Å². The number of ether oxygens (including phenoxy) is 1. The Balaban J connectivity index is 2.04. The lowest BCUT2D eigenvalue weighted by atomic mass is 10.3. The summed E-state index contributed by atoms with van der Waals surface area (Å²) in [5, 5.41) is 9.37. The summed E-state index contributed by atoms with van der Waals surface area (Å²) in [5.41, 5.74) is 0.498. The van der Waals surface area contributed by atoms with E-state index < -0.39 is 5.97 Å². The number of benzene rings is 1. The largest absolute Gasteiger partial charge is 0.487 e. The van der Waals surface area contributed by atoms with E-state index in [-0.39, 0.29) is 12.4 Å². The third-order valence-corrected chi connectivity index (χ3v) is 2.36.